The third-order valence-corrected chi connectivity index (χ3v) is 3.31. The fourth-order valence-corrected chi connectivity index (χ4v) is 2.30. The largest absolute Gasteiger partial charge is 0.495 e. The molecule has 1 aliphatic rings. The van der Waals surface area contributed by atoms with Crippen LogP contribution in [0.2, 0.25) is 0 Å². The van der Waals surface area contributed by atoms with E-state index in [1.165, 1.54) is 0 Å². The number of nitrogens with zero attached hydrogens (tertiary/aromatic N) is 2. The molecule has 1 aliphatic heterocycles. The molecule has 0 spiro atoms. The predicted molar refractivity (Wildman–Crippen MR) is 64.4 cm³/mol. The topological polar surface area (TPSA) is 35.8 Å². The van der Waals surface area contributed by atoms with Crippen molar-refractivity contribution in [3.8, 4) is 5.75 Å². The van der Waals surface area contributed by atoms with E-state index in [9.17, 15) is 0 Å². The first-order valence-corrected chi connectivity index (χ1v) is 5.94. The van der Waals surface area contributed by atoms with Crippen LogP contribution in [0.25, 0.3) is 5.52 Å². The van der Waals surface area contributed by atoms with Crippen molar-refractivity contribution in [3.05, 3.63) is 30.4 Å². The lowest BCUT2D eigenvalue weighted by molar-refractivity contribution is 0.185. The summed E-state index contributed by atoms with van der Waals surface area (Å²) in [7, 11) is 1.68. The van der Waals surface area contributed by atoms with Gasteiger partial charge in [-0.1, -0.05) is 0 Å². The summed E-state index contributed by atoms with van der Waals surface area (Å²) in [6, 6.07) is 3.99. The van der Waals surface area contributed by atoms with Crippen molar-refractivity contribution in [1.82, 2.24) is 9.38 Å². The lowest BCUT2D eigenvalue weighted by Crippen LogP contribution is -2.07. The predicted octanol–water partition coefficient (Wildman–Crippen LogP) is 1.92. The van der Waals surface area contributed by atoms with Crippen molar-refractivity contribution in [1.29, 1.82) is 0 Å². The number of ether oxygens (including phenoxy) is 2. The van der Waals surface area contributed by atoms with Crippen LogP contribution in [0.4, 0.5) is 0 Å². The smallest absolute Gasteiger partial charge is 0.135 e. The van der Waals surface area contributed by atoms with Gasteiger partial charge in [0.05, 0.1) is 25.0 Å². The first-order valence-electron chi connectivity index (χ1n) is 5.94. The Bertz CT molecular complexity index is 515. The number of hydrogen-bond acceptors (Lipinski definition) is 3. The fraction of sp³-hybridized carbons (Fsp3) is 0.462. The van der Waals surface area contributed by atoms with Crippen LogP contribution >= 0.6 is 0 Å². The summed E-state index contributed by atoms with van der Waals surface area (Å²) in [5.41, 5.74) is 1.11. The van der Waals surface area contributed by atoms with Gasteiger partial charge in [-0.25, -0.2) is 4.98 Å². The highest BCUT2D eigenvalue weighted by Crippen LogP contribution is 2.20. The van der Waals surface area contributed by atoms with Crippen molar-refractivity contribution in [3.63, 3.8) is 0 Å². The molecule has 0 bridgehead atoms. The molecule has 4 heteroatoms. The molecule has 0 N–H and O–H groups in total. The van der Waals surface area contributed by atoms with Gasteiger partial charge in [-0.3, -0.25) is 0 Å². The van der Waals surface area contributed by atoms with E-state index >= 15 is 0 Å². The SMILES string of the molecule is COc1ccc2cnc(CC3CCOC3)n2c1. The second-order valence-electron chi connectivity index (χ2n) is 4.47. The summed E-state index contributed by atoms with van der Waals surface area (Å²) in [5, 5.41) is 0. The highest BCUT2D eigenvalue weighted by Gasteiger charge is 2.18. The zero-order valence-corrected chi connectivity index (χ0v) is 9.93. The molecule has 3 rings (SSSR count). The minimum absolute atomic E-state index is 0.604. The first kappa shape index (κ1) is 10.6. The maximum Gasteiger partial charge on any atom is 0.135 e. The van der Waals surface area contributed by atoms with Gasteiger partial charge in [0.2, 0.25) is 0 Å². The molecule has 1 saturated heterocycles. The zero-order valence-electron chi connectivity index (χ0n) is 9.93. The molecule has 1 atom stereocenters. The van der Waals surface area contributed by atoms with Gasteiger partial charge in [-0.15, -0.1) is 0 Å². The molecule has 1 unspecified atom stereocenters. The average Bonchev–Trinajstić information content (AvgIpc) is 2.99. The van der Waals surface area contributed by atoms with Crippen LogP contribution < -0.4 is 4.74 Å². The van der Waals surface area contributed by atoms with Crippen LogP contribution in [0.15, 0.2) is 24.5 Å². The molecule has 0 amide bonds. The molecule has 17 heavy (non-hydrogen) atoms. The van der Waals surface area contributed by atoms with Gasteiger partial charge in [0, 0.05) is 19.6 Å². The van der Waals surface area contributed by atoms with Gasteiger partial charge in [-0.2, -0.15) is 0 Å². The van der Waals surface area contributed by atoms with Crippen LogP contribution in [-0.4, -0.2) is 29.7 Å². The Morgan fingerprint density at radius 3 is 3.24 bits per heavy atom. The molecule has 2 aromatic heterocycles. The summed E-state index contributed by atoms with van der Waals surface area (Å²) in [5.74, 6) is 2.56. The molecule has 1 fully saturated rings. The Labute approximate surface area is 100 Å². The lowest BCUT2D eigenvalue weighted by atomic mass is 10.1. The van der Waals surface area contributed by atoms with E-state index in [0.29, 0.717) is 5.92 Å². The lowest BCUT2D eigenvalue weighted by Gasteiger charge is -2.07. The summed E-state index contributed by atoms with van der Waals surface area (Å²) in [4.78, 5) is 4.49. The number of hydrogen-bond donors (Lipinski definition) is 0. The molecule has 3 heterocycles. The van der Waals surface area contributed by atoms with Crippen LogP contribution in [0, 0.1) is 5.92 Å². The second kappa shape index (κ2) is 4.37. The van der Waals surface area contributed by atoms with Crippen molar-refractivity contribution in [2.24, 2.45) is 5.92 Å². The molecule has 0 radical (unpaired) electrons. The van der Waals surface area contributed by atoms with E-state index in [4.69, 9.17) is 9.47 Å². The second-order valence-corrected chi connectivity index (χ2v) is 4.47. The zero-order chi connectivity index (χ0) is 11.7. The Morgan fingerprint density at radius 1 is 1.53 bits per heavy atom. The van der Waals surface area contributed by atoms with Gasteiger partial charge in [0.15, 0.2) is 0 Å². The molecule has 4 nitrogen and oxygen atoms in total. The Morgan fingerprint density at radius 2 is 2.47 bits per heavy atom. The Hall–Kier alpha value is -1.55. The summed E-state index contributed by atoms with van der Waals surface area (Å²) in [6.07, 6.45) is 6.01. The van der Waals surface area contributed by atoms with Gasteiger partial charge >= 0.3 is 0 Å². The average molecular weight is 232 g/mol. The molecular formula is C13H16N2O2. The maximum absolute atomic E-state index is 5.40. The Balaban J connectivity index is 1.92. The maximum atomic E-state index is 5.40. The minimum atomic E-state index is 0.604. The van der Waals surface area contributed by atoms with Gasteiger partial charge in [0.25, 0.3) is 0 Å². The summed E-state index contributed by atoms with van der Waals surface area (Å²) >= 11 is 0. The third-order valence-electron chi connectivity index (χ3n) is 3.31. The van der Waals surface area contributed by atoms with E-state index in [1.807, 2.05) is 24.5 Å². The van der Waals surface area contributed by atoms with E-state index in [1.54, 1.807) is 7.11 Å². The summed E-state index contributed by atoms with van der Waals surface area (Å²) < 4.78 is 12.8. The fourth-order valence-electron chi connectivity index (χ4n) is 2.30. The highest BCUT2D eigenvalue weighted by molar-refractivity contribution is 5.48. The van der Waals surface area contributed by atoms with Crippen molar-refractivity contribution >= 4 is 5.52 Å². The first-order chi connectivity index (χ1) is 8.36. The number of rotatable bonds is 3. The molecule has 2 aromatic rings. The molecule has 90 valence electrons. The van der Waals surface area contributed by atoms with Gasteiger partial charge < -0.3 is 13.9 Å². The van der Waals surface area contributed by atoms with Crippen LogP contribution in [-0.2, 0) is 11.2 Å². The highest BCUT2D eigenvalue weighted by atomic mass is 16.5. The van der Waals surface area contributed by atoms with Crippen LogP contribution in [0.5, 0.6) is 5.75 Å². The third kappa shape index (κ3) is 2.00. The number of aromatic nitrogens is 2. The van der Waals surface area contributed by atoms with Gasteiger partial charge in [0.1, 0.15) is 11.6 Å². The van der Waals surface area contributed by atoms with Crippen LogP contribution in [0.1, 0.15) is 12.2 Å². The quantitative estimate of drug-likeness (QED) is 0.811. The van der Waals surface area contributed by atoms with Crippen molar-refractivity contribution < 1.29 is 9.47 Å². The van der Waals surface area contributed by atoms with E-state index in [2.05, 4.69) is 9.38 Å². The van der Waals surface area contributed by atoms with E-state index in [0.717, 1.165) is 43.1 Å². The van der Waals surface area contributed by atoms with Gasteiger partial charge in [-0.05, 0) is 24.5 Å². The van der Waals surface area contributed by atoms with E-state index in [-0.39, 0.29) is 0 Å². The molecular weight excluding hydrogens is 216 g/mol. The van der Waals surface area contributed by atoms with E-state index < -0.39 is 0 Å². The molecule has 0 aromatic carbocycles. The standard InChI is InChI=1S/C13H16N2O2/c1-16-12-3-2-11-7-14-13(15(11)8-12)6-10-4-5-17-9-10/h2-3,7-8,10H,4-6,9H2,1H3. The number of pyridine rings is 1. The van der Waals surface area contributed by atoms with Crippen LogP contribution in [0.3, 0.4) is 0 Å². The number of imidazole rings is 1. The summed E-state index contributed by atoms with van der Waals surface area (Å²) in [6.45, 7) is 1.75. The van der Waals surface area contributed by atoms with Crippen molar-refractivity contribution in [2.45, 2.75) is 12.8 Å². The number of fused-ring (bicyclic) bond motifs is 1. The monoisotopic (exact) mass is 232 g/mol. The minimum Gasteiger partial charge on any atom is -0.495 e. The normalized spacial score (nSPS) is 19.9. The Kier molecular flexibility index (Phi) is 2.73. The van der Waals surface area contributed by atoms with Crippen molar-refractivity contribution in [2.75, 3.05) is 20.3 Å². The molecule has 0 saturated carbocycles. The number of methoxy groups -OCH3 is 1. The molecule has 0 aliphatic carbocycles.